The Labute approximate surface area is 146 Å². The van der Waals surface area contributed by atoms with Gasteiger partial charge in [0, 0.05) is 31.1 Å². The van der Waals surface area contributed by atoms with Crippen molar-refractivity contribution in [1.29, 1.82) is 0 Å². The Hall–Kier alpha value is -2.43. The minimum Gasteiger partial charge on any atom is -0.465 e. The summed E-state index contributed by atoms with van der Waals surface area (Å²) in [5.74, 6) is -1.85. The first-order valence-corrected chi connectivity index (χ1v) is 8.52. The number of benzene rings is 2. The molecule has 1 aliphatic heterocycles. The van der Waals surface area contributed by atoms with Gasteiger partial charge in [0.1, 0.15) is 0 Å². The van der Waals surface area contributed by atoms with Gasteiger partial charge in [0.2, 0.25) is 0 Å². The van der Waals surface area contributed by atoms with Gasteiger partial charge < -0.3 is 9.64 Å². The first-order valence-electron chi connectivity index (χ1n) is 8.52. The van der Waals surface area contributed by atoms with Crippen LogP contribution in [0.1, 0.15) is 18.4 Å². The third-order valence-corrected chi connectivity index (χ3v) is 4.52. The molecule has 3 nitrogen and oxygen atoms in total. The largest absolute Gasteiger partial charge is 0.465 e. The lowest BCUT2D eigenvalue weighted by molar-refractivity contribution is -0.144. The number of nitrogens with zero attached hydrogens (tertiary/aromatic N) is 1. The zero-order valence-electron chi connectivity index (χ0n) is 14.0. The number of para-hydroxylation sites is 1. The monoisotopic (exact) mass is 345 g/mol. The highest BCUT2D eigenvalue weighted by Crippen LogP contribution is 2.23. The normalized spacial score (nSPS) is 16.9. The van der Waals surface area contributed by atoms with Crippen LogP contribution in [0.3, 0.4) is 0 Å². The molecule has 0 N–H and O–H groups in total. The summed E-state index contributed by atoms with van der Waals surface area (Å²) in [6.07, 6.45) is 1.17. The predicted octanol–water partition coefficient (Wildman–Crippen LogP) is 3.97. The molecule has 1 heterocycles. The highest BCUT2D eigenvalue weighted by atomic mass is 19.2. The molecule has 25 heavy (non-hydrogen) atoms. The van der Waals surface area contributed by atoms with Crippen molar-refractivity contribution in [2.24, 2.45) is 5.92 Å². The number of rotatable bonds is 6. The van der Waals surface area contributed by atoms with Crippen molar-refractivity contribution >= 4 is 11.7 Å². The fourth-order valence-corrected chi connectivity index (χ4v) is 3.10. The van der Waals surface area contributed by atoms with Crippen LogP contribution in [0.5, 0.6) is 0 Å². The zero-order chi connectivity index (χ0) is 17.6. The molecule has 2 aromatic carbocycles. The lowest BCUT2D eigenvalue weighted by Crippen LogP contribution is -2.22. The Morgan fingerprint density at radius 2 is 1.92 bits per heavy atom. The average Bonchev–Trinajstić information content (AvgIpc) is 3.11. The third-order valence-electron chi connectivity index (χ3n) is 4.52. The van der Waals surface area contributed by atoms with Gasteiger partial charge in [-0.15, -0.1) is 0 Å². The number of hydrogen-bond donors (Lipinski definition) is 0. The fourth-order valence-electron chi connectivity index (χ4n) is 3.10. The molecular formula is C20H21F2NO2. The number of carbonyl (C=O) groups excluding carboxylic acids is 1. The maximum atomic E-state index is 13.6. The lowest BCUT2D eigenvalue weighted by Gasteiger charge is -2.18. The van der Waals surface area contributed by atoms with E-state index in [0.29, 0.717) is 12.5 Å². The van der Waals surface area contributed by atoms with E-state index in [0.717, 1.165) is 25.6 Å². The van der Waals surface area contributed by atoms with Gasteiger partial charge in [0.05, 0.1) is 6.61 Å². The molecule has 0 radical (unpaired) electrons. The van der Waals surface area contributed by atoms with Crippen LogP contribution in [0.15, 0.2) is 48.5 Å². The van der Waals surface area contributed by atoms with Crippen molar-refractivity contribution in [3.63, 3.8) is 0 Å². The Morgan fingerprint density at radius 3 is 2.72 bits per heavy atom. The number of carbonyl (C=O) groups is 1. The summed E-state index contributed by atoms with van der Waals surface area (Å²) in [6.45, 7) is 2.17. The second-order valence-electron chi connectivity index (χ2n) is 6.33. The molecule has 0 spiro atoms. The Kier molecular flexibility index (Phi) is 5.64. The van der Waals surface area contributed by atoms with Gasteiger partial charge in [0.25, 0.3) is 0 Å². The van der Waals surface area contributed by atoms with Gasteiger partial charge in [-0.05, 0) is 36.6 Å². The first kappa shape index (κ1) is 17.4. The molecule has 1 atom stereocenters. The number of aryl methyl sites for hydroxylation is 1. The highest BCUT2D eigenvalue weighted by Gasteiger charge is 2.23. The molecule has 2 aromatic rings. The van der Waals surface area contributed by atoms with Gasteiger partial charge in [-0.3, -0.25) is 4.79 Å². The van der Waals surface area contributed by atoms with E-state index in [1.54, 1.807) is 0 Å². The summed E-state index contributed by atoms with van der Waals surface area (Å²) in [4.78, 5) is 14.1. The minimum atomic E-state index is -0.891. The van der Waals surface area contributed by atoms with E-state index in [1.165, 1.54) is 17.8 Å². The van der Waals surface area contributed by atoms with Crippen molar-refractivity contribution in [1.82, 2.24) is 0 Å². The number of halogens is 2. The predicted molar refractivity (Wildman–Crippen MR) is 92.4 cm³/mol. The summed E-state index contributed by atoms with van der Waals surface area (Å²) in [5, 5.41) is 0. The van der Waals surface area contributed by atoms with Crippen molar-refractivity contribution < 1.29 is 18.3 Å². The van der Waals surface area contributed by atoms with E-state index in [4.69, 9.17) is 4.74 Å². The van der Waals surface area contributed by atoms with E-state index in [-0.39, 0.29) is 24.4 Å². The van der Waals surface area contributed by atoms with Crippen LogP contribution in [0.25, 0.3) is 0 Å². The van der Waals surface area contributed by atoms with E-state index in [9.17, 15) is 13.6 Å². The van der Waals surface area contributed by atoms with Crippen LogP contribution in [0, 0.1) is 17.6 Å². The SMILES string of the molecule is O=C(CCc1cccc(F)c1F)OCC1CCN(c2ccccc2)C1. The molecule has 3 rings (SSSR count). The molecule has 1 saturated heterocycles. The van der Waals surface area contributed by atoms with Crippen molar-refractivity contribution in [3.8, 4) is 0 Å². The van der Waals surface area contributed by atoms with Crippen LogP contribution in [0.4, 0.5) is 14.5 Å². The molecule has 1 fully saturated rings. The molecule has 0 amide bonds. The van der Waals surface area contributed by atoms with Gasteiger partial charge in [-0.1, -0.05) is 30.3 Å². The number of anilines is 1. The zero-order valence-corrected chi connectivity index (χ0v) is 14.0. The molecule has 0 bridgehead atoms. The molecule has 0 aliphatic carbocycles. The first-order chi connectivity index (χ1) is 12.1. The summed E-state index contributed by atoms with van der Waals surface area (Å²) >= 11 is 0. The van der Waals surface area contributed by atoms with Crippen molar-refractivity contribution in [2.75, 3.05) is 24.6 Å². The lowest BCUT2D eigenvalue weighted by atomic mass is 10.1. The minimum absolute atomic E-state index is 0.0511. The van der Waals surface area contributed by atoms with Crippen molar-refractivity contribution in [2.45, 2.75) is 19.3 Å². The standard InChI is InChI=1S/C20H21F2NO2/c21-18-8-4-5-16(20(18)22)9-10-19(24)25-14-15-11-12-23(13-15)17-6-2-1-3-7-17/h1-8,15H,9-14H2. The third kappa shape index (κ3) is 4.56. The van der Waals surface area contributed by atoms with Crippen LogP contribution in [-0.4, -0.2) is 25.7 Å². The van der Waals surface area contributed by atoms with Crippen LogP contribution in [-0.2, 0) is 16.0 Å². The Bertz CT molecular complexity index is 721. The fraction of sp³-hybridized carbons (Fsp3) is 0.350. The topological polar surface area (TPSA) is 29.5 Å². The van der Waals surface area contributed by atoms with Gasteiger partial charge >= 0.3 is 5.97 Å². The quantitative estimate of drug-likeness (QED) is 0.742. The van der Waals surface area contributed by atoms with Crippen LogP contribution < -0.4 is 4.90 Å². The molecule has 0 saturated carbocycles. The second kappa shape index (κ2) is 8.10. The maximum Gasteiger partial charge on any atom is 0.306 e. The number of esters is 1. The number of hydrogen-bond acceptors (Lipinski definition) is 3. The van der Waals surface area contributed by atoms with E-state index >= 15 is 0 Å². The highest BCUT2D eigenvalue weighted by molar-refractivity contribution is 5.69. The van der Waals surface area contributed by atoms with Gasteiger partial charge in [-0.25, -0.2) is 8.78 Å². The second-order valence-corrected chi connectivity index (χ2v) is 6.33. The molecule has 0 aromatic heterocycles. The molecule has 1 aliphatic rings. The van der Waals surface area contributed by atoms with E-state index in [1.807, 2.05) is 18.2 Å². The summed E-state index contributed by atoms with van der Waals surface area (Å²) in [5.41, 5.74) is 1.38. The number of ether oxygens (including phenoxy) is 1. The van der Waals surface area contributed by atoms with E-state index < -0.39 is 11.6 Å². The summed E-state index contributed by atoms with van der Waals surface area (Å²) in [6, 6.07) is 14.1. The average molecular weight is 345 g/mol. The van der Waals surface area contributed by atoms with Gasteiger partial charge in [0.15, 0.2) is 11.6 Å². The summed E-state index contributed by atoms with van der Waals surface area (Å²) < 4.78 is 32.0. The molecule has 1 unspecified atom stereocenters. The van der Waals surface area contributed by atoms with E-state index in [2.05, 4.69) is 17.0 Å². The molecule has 132 valence electrons. The maximum absolute atomic E-state index is 13.6. The molecule has 5 heteroatoms. The van der Waals surface area contributed by atoms with Crippen LogP contribution in [0.2, 0.25) is 0 Å². The van der Waals surface area contributed by atoms with Gasteiger partial charge in [-0.2, -0.15) is 0 Å². The smallest absolute Gasteiger partial charge is 0.306 e. The summed E-state index contributed by atoms with van der Waals surface area (Å²) in [7, 11) is 0. The van der Waals surface area contributed by atoms with Crippen LogP contribution >= 0.6 is 0 Å². The molecular weight excluding hydrogens is 324 g/mol. The van der Waals surface area contributed by atoms with Crippen molar-refractivity contribution in [3.05, 3.63) is 65.7 Å². The Morgan fingerprint density at radius 1 is 1.12 bits per heavy atom. The Balaban J connectivity index is 1.42.